The largest absolute Gasteiger partial charge is 0.481 e. The maximum absolute atomic E-state index is 12.4. The van der Waals surface area contributed by atoms with Gasteiger partial charge in [-0.3, -0.25) is 9.59 Å². The molecule has 1 N–H and O–H groups in total. The molecule has 6 heteroatoms. The first-order chi connectivity index (χ1) is 9.58. The monoisotopic (exact) mass is 273 g/mol. The lowest BCUT2D eigenvalue weighted by molar-refractivity contribution is -0.136. The van der Waals surface area contributed by atoms with Crippen LogP contribution in [-0.4, -0.2) is 33.1 Å². The van der Waals surface area contributed by atoms with Crippen LogP contribution in [-0.2, 0) is 11.8 Å². The van der Waals surface area contributed by atoms with Gasteiger partial charge in [-0.15, -0.1) is 0 Å². The SMILES string of the molecule is Cn1cnc(C(=O)N(CCC(=O)O)c2ccccc2)c1. The number of imidazole rings is 1. The summed E-state index contributed by atoms with van der Waals surface area (Å²) in [6.45, 7) is 0.106. The van der Waals surface area contributed by atoms with Gasteiger partial charge in [0.15, 0.2) is 0 Å². The number of aryl methyl sites for hydroxylation is 1. The van der Waals surface area contributed by atoms with Crippen molar-refractivity contribution in [1.82, 2.24) is 9.55 Å². The molecule has 0 atom stereocenters. The van der Waals surface area contributed by atoms with Gasteiger partial charge in [0.05, 0.1) is 12.7 Å². The van der Waals surface area contributed by atoms with Gasteiger partial charge in [0, 0.05) is 25.5 Å². The number of benzene rings is 1. The number of aliphatic carboxylic acids is 1. The smallest absolute Gasteiger partial charge is 0.305 e. The van der Waals surface area contributed by atoms with Gasteiger partial charge in [-0.05, 0) is 12.1 Å². The van der Waals surface area contributed by atoms with E-state index in [1.54, 1.807) is 42.1 Å². The van der Waals surface area contributed by atoms with Crippen molar-refractivity contribution in [3.63, 3.8) is 0 Å². The zero-order valence-electron chi connectivity index (χ0n) is 11.1. The molecule has 0 aliphatic rings. The van der Waals surface area contributed by atoms with E-state index in [-0.39, 0.29) is 18.9 Å². The van der Waals surface area contributed by atoms with Crippen LogP contribution in [0.3, 0.4) is 0 Å². The highest BCUT2D eigenvalue weighted by Crippen LogP contribution is 2.16. The standard InChI is InChI=1S/C14H15N3O3/c1-16-9-12(15-10-16)14(20)17(8-7-13(18)19)11-5-3-2-4-6-11/h2-6,9-10H,7-8H2,1H3,(H,18,19). The summed E-state index contributed by atoms with van der Waals surface area (Å²) in [5, 5.41) is 8.81. The van der Waals surface area contributed by atoms with Crippen LogP contribution in [0.15, 0.2) is 42.9 Å². The highest BCUT2D eigenvalue weighted by molar-refractivity contribution is 6.04. The molecular formula is C14H15N3O3. The average molecular weight is 273 g/mol. The second kappa shape index (κ2) is 6.01. The van der Waals surface area contributed by atoms with E-state index in [9.17, 15) is 9.59 Å². The van der Waals surface area contributed by atoms with Gasteiger partial charge < -0.3 is 14.6 Å². The Morgan fingerprint density at radius 3 is 2.55 bits per heavy atom. The van der Waals surface area contributed by atoms with Crippen molar-refractivity contribution in [3.8, 4) is 0 Å². The minimum atomic E-state index is -0.945. The third kappa shape index (κ3) is 3.23. The first-order valence-corrected chi connectivity index (χ1v) is 6.14. The van der Waals surface area contributed by atoms with Gasteiger partial charge in [-0.2, -0.15) is 0 Å². The molecule has 0 bridgehead atoms. The molecule has 0 unspecified atom stereocenters. The molecule has 0 saturated heterocycles. The van der Waals surface area contributed by atoms with Crippen molar-refractivity contribution < 1.29 is 14.7 Å². The predicted octanol–water partition coefficient (Wildman–Crippen LogP) is 1.54. The zero-order valence-corrected chi connectivity index (χ0v) is 11.1. The summed E-state index contributed by atoms with van der Waals surface area (Å²) in [5.41, 5.74) is 0.950. The quantitative estimate of drug-likeness (QED) is 0.896. The Labute approximate surface area is 116 Å². The van der Waals surface area contributed by atoms with Crippen LogP contribution in [0.2, 0.25) is 0 Å². The Hall–Kier alpha value is -2.63. The molecular weight excluding hydrogens is 258 g/mol. The molecule has 1 aromatic heterocycles. The van der Waals surface area contributed by atoms with Gasteiger partial charge in [-0.1, -0.05) is 18.2 Å². The first kappa shape index (κ1) is 13.8. The first-order valence-electron chi connectivity index (χ1n) is 6.14. The fourth-order valence-electron chi connectivity index (χ4n) is 1.82. The van der Waals surface area contributed by atoms with Crippen LogP contribution in [0.4, 0.5) is 5.69 Å². The van der Waals surface area contributed by atoms with Gasteiger partial charge in [0.25, 0.3) is 5.91 Å². The lowest BCUT2D eigenvalue weighted by Gasteiger charge is -2.21. The van der Waals surface area contributed by atoms with E-state index in [2.05, 4.69) is 4.98 Å². The van der Waals surface area contributed by atoms with Crippen molar-refractivity contribution >= 4 is 17.6 Å². The van der Waals surface area contributed by atoms with E-state index in [4.69, 9.17) is 5.11 Å². The number of carboxylic acid groups (broad SMARTS) is 1. The third-order valence-corrected chi connectivity index (χ3v) is 2.79. The molecule has 0 spiro atoms. The summed E-state index contributed by atoms with van der Waals surface area (Å²) in [6, 6.07) is 8.97. The summed E-state index contributed by atoms with van der Waals surface area (Å²) < 4.78 is 1.67. The Bertz CT molecular complexity index is 607. The lowest BCUT2D eigenvalue weighted by atomic mass is 10.2. The van der Waals surface area contributed by atoms with Crippen LogP contribution in [0.1, 0.15) is 16.9 Å². The minimum Gasteiger partial charge on any atom is -0.481 e. The fraction of sp³-hybridized carbons (Fsp3) is 0.214. The summed E-state index contributed by atoms with van der Waals surface area (Å²) in [5.74, 6) is -1.25. The summed E-state index contributed by atoms with van der Waals surface area (Å²) in [6.07, 6.45) is 3.03. The summed E-state index contributed by atoms with van der Waals surface area (Å²) >= 11 is 0. The molecule has 0 aliphatic carbocycles. The molecule has 0 saturated carbocycles. The Kier molecular flexibility index (Phi) is 4.14. The van der Waals surface area contributed by atoms with Gasteiger partial charge >= 0.3 is 5.97 Å². The second-order valence-corrected chi connectivity index (χ2v) is 4.36. The van der Waals surface area contributed by atoms with Crippen LogP contribution >= 0.6 is 0 Å². The van der Waals surface area contributed by atoms with Crippen molar-refractivity contribution in [1.29, 1.82) is 0 Å². The molecule has 1 aromatic carbocycles. The second-order valence-electron chi connectivity index (χ2n) is 4.36. The number of carbonyl (C=O) groups excluding carboxylic acids is 1. The highest BCUT2D eigenvalue weighted by Gasteiger charge is 2.20. The Morgan fingerprint density at radius 2 is 2.00 bits per heavy atom. The minimum absolute atomic E-state index is 0.106. The number of anilines is 1. The van der Waals surface area contributed by atoms with Crippen LogP contribution in [0.5, 0.6) is 0 Å². The van der Waals surface area contributed by atoms with Crippen molar-refractivity contribution in [2.45, 2.75) is 6.42 Å². The van der Waals surface area contributed by atoms with E-state index in [1.165, 1.54) is 11.2 Å². The molecule has 20 heavy (non-hydrogen) atoms. The number of rotatable bonds is 5. The Morgan fingerprint density at radius 1 is 1.30 bits per heavy atom. The molecule has 1 amide bonds. The number of carboxylic acids is 1. The number of hydrogen-bond acceptors (Lipinski definition) is 3. The van der Waals surface area contributed by atoms with Crippen LogP contribution in [0, 0.1) is 0 Å². The number of carbonyl (C=O) groups is 2. The molecule has 6 nitrogen and oxygen atoms in total. The molecule has 2 rings (SSSR count). The topological polar surface area (TPSA) is 75.4 Å². The van der Waals surface area contributed by atoms with Crippen LogP contribution in [0.25, 0.3) is 0 Å². The summed E-state index contributed by atoms with van der Waals surface area (Å²) in [4.78, 5) is 28.6. The fourth-order valence-corrected chi connectivity index (χ4v) is 1.82. The van der Waals surface area contributed by atoms with E-state index in [0.717, 1.165) is 0 Å². The van der Waals surface area contributed by atoms with E-state index in [0.29, 0.717) is 11.4 Å². The molecule has 2 aromatic rings. The lowest BCUT2D eigenvalue weighted by Crippen LogP contribution is -2.33. The number of para-hydroxylation sites is 1. The molecule has 0 radical (unpaired) electrons. The Balaban J connectivity index is 2.26. The average Bonchev–Trinajstić information content (AvgIpc) is 2.86. The van der Waals surface area contributed by atoms with Gasteiger partial charge in [-0.25, -0.2) is 4.98 Å². The van der Waals surface area contributed by atoms with E-state index < -0.39 is 5.97 Å². The number of amides is 1. The van der Waals surface area contributed by atoms with Crippen molar-refractivity contribution in [2.75, 3.05) is 11.4 Å². The molecule has 0 fully saturated rings. The van der Waals surface area contributed by atoms with E-state index in [1.807, 2.05) is 6.07 Å². The van der Waals surface area contributed by atoms with E-state index >= 15 is 0 Å². The van der Waals surface area contributed by atoms with Crippen molar-refractivity contribution in [2.24, 2.45) is 7.05 Å². The third-order valence-electron chi connectivity index (χ3n) is 2.79. The normalized spacial score (nSPS) is 10.2. The number of nitrogens with zero attached hydrogens (tertiary/aromatic N) is 3. The summed E-state index contributed by atoms with van der Waals surface area (Å²) in [7, 11) is 1.77. The van der Waals surface area contributed by atoms with Gasteiger partial charge in [0.1, 0.15) is 5.69 Å². The maximum atomic E-state index is 12.4. The maximum Gasteiger partial charge on any atom is 0.305 e. The molecule has 1 heterocycles. The predicted molar refractivity (Wildman–Crippen MR) is 73.6 cm³/mol. The molecule has 0 aliphatic heterocycles. The molecule has 104 valence electrons. The number of aromatic nitrogens is 2. The highest BCUT2D eigenvalue weighted by atomic mass is 16.4. The van der Waals surface area contributed by atoms with Gasteiger partial charge in [0.2, 0.25) is 0 Å². The number of hydrogen-bond donors (Lipinski definition) is 1. The van der Waals surface area contributed by atoms with Crippen LogP contribution < -0.4 is 4.90 Å². The zero-order chi connectivity index (χ0) is 14.5. The van der Waals surface area contributed by atoms with Crippen molar-refractivity contribution in [3.05, 3.63) is 48.5 Å².